The number of carboxylic acid groups (broad SMARTS) is 5. The van der Waals surface area contributed by atoms with Gasteiger partial charge in [-0.15, -0.1) is 0 Å². The number of unbranched alkanes of at least 4 members (excludes halogenated alkanes) is 12. The number of hydrogen-bond donors (Lipinski definition) is 13. The number of nitrogens with two attached hydrogens (primary N) is 1. The number of rotatable bonds is 46. The van der Waals surface area contributed by atoms with E-state index in [1.54, 1.807) is 6.92 Å². The highest BCUT2D eigenvalue weighted by molar-refractivity contribution is 5.92. The summed E-state index contributed by atoms with van der Waals surface area (Å²) in [4.78, 5) is 188. The summed E-state index contributed by atoms with van der Waals surface area (Å²) in [5.41, 5.74) is -0.816. The predicted molar refractivity (Wildman–Crippen MR) is 343 cm³/mol. The molecule has 1 saturated carbocycles. The number of aliphatic hydroxyl groups is 2. The normalized spacial score (nSPS) is 23.2. The average Bonchev–Trinajstić information content (AvgIpc) is 1.53. The molecule has 0 radical (unpaired) electrons. The van der Waals surface area contributed by atoms with Crippen molar-refractivity contribution in [2.24, 2.45) is 11.7 Å². The monoisotopic (exact) mass is 1410 g/mol. The first-order valence-corrected chi connectivity index (χ1v) is 33.6. The van der Waals surface area contributed by atoms with E-state index < -0.39 is 231 Å². The van der Waals surface area contributed by atoms with E-state index in [1.807, 2.05) is 0 Å². The van der Waals surface area contributed by atoms with Gasteiger partial charge in [0.25, 0.3) is 0 Å². The molecule has 1 saturated heterocycles. The third-order valence-electron chi connectivity index (χ3n) is 17.8. The molecule has 0 aromatic rings. The number of carbonyl (C=O) groups excluding carboxylic acids is 10. The highest BCUT2D eigenvalue weighted by atomic mass is 16.6. The SMILES string of the molecule is CC=C(C)C(=O)O[C@H]1C(C)=C2[C@H]([C@@H]1OC(=O)CCCCCCC)[C@@](C)(OC(C)=O)C[C@H](OC(=O)CCCCCCCCCCCNC(=O)C[C@H](N)C(=O)N[C@@H](CCC(=O)N[C@@H](CCC(=O)N[C@@H](CCC(=O)N[C@@H](CCC(=O)O)C(=O)O)C(=O)O)C(=O)O)C(=O)O)[C@@]1(O)[C@H]2OC(=O)[C@@]1(C)O. The van der Waals surface area contributed by atoms with E-state index in [9.17, 15) is 103 Å². The van der Waals surface area contributed by atoms with Gasteiger partial charge in [0.15, 0.2) is 29.5 Å². The van der Waals surface area contributed by atoms with Crippen LogP contribution < -0.4 is 32.3 Å². The van der Waals surface area contributed by atoms with Crippen LogP contribution in [-0.4, -0.2) is 203 Å². The minimum Gasteiger partial charge on any atom is -0.481 e. The van der Waals surface area contributed by atoms with Crippen molar-refractivity contribution >= 4 is 89.2 Å². The van der Waals surface area contributed by atoms with E-state index in [-0.39, 0.29) is 36.1 Å². The second-order valence-corrected chi connectivity index (χ2v) is 25.7. The zero-order valence-corrected chi connectivity index (χ0v) is 57.3. The molecule has 0 unspecified atom stereocenters. The number of ether oxygens (including phenoxy) is 5. The molecule has 5 amide bonds. The van der Waals surface area contributed by atoms with Crippen LogP contribution in [0, 0.1) is 5.92 Å². The first kappa shape index (κ1) is 84.6. The van der Waals surface area contributed by atoms with E-state index in [4.69, 9.17) is 34.5 Å². The van der Waals surface area contributed by atoms with Gasteiger partial charge < -0.3 is 91.7 Å². The number of aliphatic carboxylic acids is 5. The minimum absolute atomic E-state index is 0.00607. The molecule has 0 bridgehead atoms. The fraction of sp³-hybridized carbons (Fsp3) is 0.712. The Hall–Kier alpha value is -8.59. The first-order valence-electron chi connectivity index (χ1n) is 33.6. The van der Waals surface area contributed by atoms with Gasteiger partial charge in [0.1, 0.15) is 35.9 Å². The Bertz CT molecular complexity index is 2980. The van der Waals surface area contributed by atoms with E-state index in [0.29, 0.717) is 25.7 Å². The lowest BCUT2D eigenvalue weighted by molar-refractivity contribution is -0.212. The van der Waals surface area contributed by atoms with Crippen molar-refractivity contribution in [3.8, 4) is 0 Å². The molecule has 2 fully saturated rings. The number of carbonyl (C=O) groups is 15. The van der Waals surface area contributed by atoms with Crippen LogP contribution >= 0.6 is 0 Å². The lowest BCUT2D eigenvalue weighted by Crippen LogP contribution is -2.64. The van der Waals surface area contributed by atoms with Crippen LogP contribution in [0.4, 0.5) is 0 Å². The number of allylic oxidation sites excluding steroid dienone is 1. The Kier molecular flexibility index (Phi) is 34.6. The molecular weight excluding hydrogens is 1310 g/mol. The fourth-order valence-corrected chi connectivity index (χ4v) is 12.1. The molecule has 556 valence electrons. The van der Waals surface area contributed by atoms with Crippen molar-refractivity contribution in [2.45, 2.75) is 287 Å². The largest absolute Gasteiger partial charge is 0.481 e. The molecule has 3 rings (SSSR count). The molecule has 0 aromatic heterocycles. The van der Waals surface area contributed by atoms with Crippen LogP contribution in [0.2, 0.25) is 0 Å². The summed E-state index contributed by atoms with van der Waals surface area (Å²) in [6, 6.07) is -8.22. The van der Waals surface area contributed by atoms with E-state index >= 15 is 0 Å². The quantitative estimate of drug-likeness (QED) is 0.0137. The second kappa shape index (κ2) is 40.5. The van der Waals surface area contributed by atoms with Crippen molar-refractivity contribution < 1.29 is 131 Å². The van der Waals surface area contributed by atoms with Gasteiger partial charge in [0.2, 0.25) is 29.5 Å². The number of carboxylic acids is 5. The summed E-state index contributed by atoms with van der Waals surface area (Å²) in [6.45, 7) is 10.6. The molecule has 3 aliphatic rings. The van der Waals surface area contributed by atoms with Gasteiger partial charge >= 0.3 is 59.7 Å². The lowest BCUT2D eigenvalue weighted by Gasteiger charge is -2.41. The van der Waals surface area contributed by atoms with Crippen molar-refractivity contribution in [2.75, 3.05) is 6.54 Å². The second-order valence-electron chi connectivity index (χ2n) is 25.7. The average molecular weight is 1410 g/mol. The summed E-state index contributed by atoms with van der Waals surface area (Å²) < 4.78 is 30.0. The Labute approximate surface area is 573 Å². The van der Waals surface area contributed by atoms with Crippen LogP contribution in [0.25, 0.3) is 0 Å². The third kappa shape index (κ3) is 25.9. The summed E-state index contributed by atoms with van der Waals surface area (Å²) in [5, 5.41) is 82.6. The molecular formula is C66H100N6O27. The van der Waals surface area contributed by atoms with Gasteiger partial charge in [-0.1, -0.05) is 83.6 Å². The Morgan fingerprint density at radius 1 is 0.596 bits per heavy atom. The van der Waals surface area contributed by atoms with Crippen molar-refractivity contribution in [3.05, 3.63) is 22.8 Å². The molecule has 0 aromatic carbocycles. The highest BCUT2D eigenvalue weighted by Crippen LogP contribution is 2.57. The zero-order valence-electron chi connectivity index (χ0n) is 57.3. The standard InChI is InChI=1S/C66H100N6O27/c1-8-10-11-17-20-24-51(81)96-55-53-52(37(4)54(55)97-62(91)36(3)9-2)56-66(94,65(7,93)63(92)98-56)44(35-64(53,6)99-38(5)73)95-50(80)23-21-18-15-13-12-14-16-19-22-33-68-48(77)34-39(67)57(82)72-43(61(89)90)27-31-47(76)70-41(59(85)86)25-29-45(74)69-40(58(83)84)26-30-46(75)71-42(60(87)88)28-32-49(78)79/h9,39-44,53-56,93-94H,8,10-35,67H2,1-7H3,(H,68,77)(H,69,74)(H,70,76)(H,71,75)(H,72,82)(H,78,79)(H,83,84)(H,85,86)(H,87,88)(H,89,90)/t39-,40-,41-,42-,43-,44-,53+,54-,55-,56-,64-,65+,66+/m0/s1. The van der Waals surface area contributed by atoms with Gasteiger partial charge in [-0.05, 0) is 90.7 Å². The van der Waals surface area contributed by atoms with Gasteiger partial charge in [-0.3, -0.25) is 43.2 Å². The maximum Gasteiger partial charge on any atom is 0.341 e. The Morgan fingerprint density at radius 2 is 1.03 bits per heavy atom. The zero-order chi connectivity index (χ0) is 74.5. The van der Waals surface area contributed by atoms with Crippen molar-refractivity contribution in [1.82, 2.24) is 26.6 Å². The number of amides is 5. The first-order chi connectivity index (χ1) is 46.4. The van der Waals surface area contributed by atoms with Crippen LogP contribution in [0.15, 0.2) is 22.8 Å². The molecule has 33 nitrogen and oxygen atoms in total. The molecule has 33 heteroatoms. The third-order valence-corrected chi connectivity index (χ3v) is 17.8. The van der Waals surface area contributed by atoms with E-state index in [0.717, 1.165) is 78.1 Å². The molecule has 1 aliphatic heterocycles. The maximum atomic E-state index is 13.7. The van der Waals surface area contributed by atoms with Gasteiger partial charge in [0.05, 0.1) is 18.4 Å². The highest BCUT2D eigenvalue weighted by Gasteiger charge is 2.76. The molecule has 2 aliphatic carbocycles. The van der Waals surface area contributed by atoms with Crippen LogP contribution in [0.5, 0.6) is 0 Å². The lowest BCUT2D eigenvalue weighted by atomic mass is 9.75. The van der Waals surface area contributed by atoms with E-state index in [2.05, 4.69) is 33.5 Å². The van der Waals surface area contributed by atoms with Crippen LogP contribution in [-0.2, 0) is 95.6 Å². The van der Waals surface area contributed by atoms with Gasteiger partial charge in [-0.25, -0.2) is 28.8 Å². The maximum absolute atomic E-state index is 13.7. The van der Waals surface area contributed by atoms with E-state index in [1.165, 1.54) is 26.8 Å². The minimum atomic E-state index is -2.70. The Balaban J connectivity index is 1.44. The number of hydrogen-bond acceptors (Lipinski definition) is 23. The summed E-state index contributed by atoms with van der Waals surface area (Å²) in [6.07, 6.45) is -0.0743. The number of nitrogens with one attached hydrogen (secondary N) is 5. The molecule has 0 spiro atoms. The van der Waals surface area contributed by atoms with Crippen LogP contribution in [0.3, 0.4) is 0 Å². The summed E-state index contributed by atoms with van der Waals surface area (Å²) in [5.74, 6) is -17.7. The number of fused-ring (bicyclic) bond motifs is 3. The molecule has 13 atom stereocenters. The molecule has 99 heavy (non-hydrogen) atoms. The fourth-order valence-electron chi connectivity index (χ4n) is 12.1. The predicted octanol–water partition coefficient (Wildman–Crippen LogP) is 2.35. The van der Waals surface area contributed by atoms with Gasteiger partial charge in [-0.2, -0.15) is 0 Å². The number of esters is 5. The summed E-state index contributed by atoms with van der Waals surface area (Å²) >= 11 is 0. The molecule has 14 N–H and O–H groups in total. The van der Waals surface area contributed by atoms with Gasteiger partial charge in [0, 0.05) is 64.0 Å². The Morgan fingerprint density at radius 3 is 1.47 bits per heavy atom. The van der Waals surface area contributed by atoms with Crippen LogP contribution in [0.1, 0.15) is 215 Å². The smallest absolute Gasteiger partial charge is 0.341 e. The molecule has 1 heterocycles. The topological polar surface area (TPSA) is 530 Å². The van der Waals surface area contributed by atoms with Crippen molar-refractivity contribution in [1.29, 1.82) is 0 Å². The van der Waals surface area contributed by atoms with Crippen molar-refractivity contribution in [3.63, 3.8) is 0 Å². The summed E-state index contributed by atoms with van der Waals surface area (Å²) in [7, 11) is 0.